The van der Waals surface area contributed by atoms with Gasteiger partial charge >= 0.3 is 5.97 Å². The van der Waals surface area contributed by atoms with Gasteiger partial charge in [-0.3, -0.25) is 4.79 Å². The summed E-state index contributed by atoms with van der Waals surface area (Å²) in [6, 6.07) is 11.0. The lowest BCUT2D eigenvalue weighted by Crippen LogP contribution is -2.14. The van der Waals surface area contributed by atoms with E-state index in [1.165, 1.54) is 0 Å². The Bertz CT molecular complexity index is 958. The van der Waals surface area contributed by atoms with Crippen LogP contribution in [0.4, 0.5) is 4.39 Å². The first kappa shape index (κ1) is 21.3. The number of aliphatic carboxylic acids is 1. The summed E-state index contributed by atoms with van der Waals surface area (Å²) < 4.78 is 24.0. The number of carbonyl (C=O) groups is 1. The first-order valence-electron chi connectivity index (χ1n) is 9.37. The minimum absolute atomic E-state index is 0.0547. The molecule has 9 heteroatoms. The van der Waals surface area contributed by atoms with Gasteiger partial charge < -0.3 is 19.9 Å². The van der Waals surface area contributed by atoms with Crippen LogP contribution >= 0.6 is 0 Å². The molecule has 2 aromatic heterocycles. The minimum atomic E-state index is -0.954. The van der Waals surface area contributed by atoms with Crippen molar-refractivity contribution in [2.75, 3.05) is 20.4 Å². The zero-order chi connectivity index (χ0) is 21.3. The van der Waals surface area contributed by atoms with Gasteiger partial charge in [-0.15, -0.1) is 0 Å². The van der Waals surface area contributed by atoms with Gasteiger partial charge in [0.1, 0.15) is 19.0 Å². The second-order valence-corrected chi connectivity index (χ2v) is 6.46. The average molecular weight is 414 g/mol. The molecular weight excluding hydrogens is 391 g/mol. The molecule has 0 amide bonds. The van der Waals surface area contributed by atoms with Crippen LogP contribution in [0.15, 0.2) is 48.8 Å². The van der Waals surface area contributed by atoms with Crippen LogP contribution in [0.5, 0.6) is 11.6 Å². The van der Waals surface area contributed by atoms with Crippen LogP contribution in [0, 0.1) is 0 Å². The number of hydrogen-bond acceptors (Lipinski definition) is 6. The number of rotatable bonds is 11. The van der Waals surface area contributed by atoms with Gasteiger partial charge in [-0.1, -0.05) is 12.1 Å². The molecule has 8 nitrogen and oxygen atoms in total. The van der Waals surface area contributed by atoms with Gasteiger partial charge in [0.25, 0.3) is 0 Å². The number of halogens is 1. The van der Waals surface area contributed by atoms with Gasteiger partial charge in [0.05, 0.1) is 31.1 Å². The molecule has 0 saturated heterocycles. The lowest BCUT2D eigenvalue weighted by molar-refractivity contribution is -0.136. The van der Waals surface area contributed by atoms with Gasteiger partial charge in [-0.05, 0) is 23.8 Å². The fourth-order valence-corrected chi connectivity index (χ4v) is 2.84. The summed E-state index contributed by atoms with van der Waals surface area (Å²) in [5, 5.41) is 16.9. The SMILES string of the molecule is COc1ccc(CNCc2cn(-c3ccc(OCCF)nc3)nc2CC(=O)O)cc1. The summed E-state index contributed by atoms with van der Waals surface area (Å²) in [5.74, 6) is 0.152. The summed E-state index contributed by atoms with van der Waals surface area (Å²) >= 11 is 0. The standard InChI is InChI=1S/C21H23FN4O4/c1-29-18-5-2-15(3-6-18)11-23-12-16-14-26(25-19(16)10-21(27)28)17-4-7-20(24-13-17)30-9-8-22/h2-7,13-14,23H,8-12H2,1H3,(H,27,28). The second kappa shape index (κ2) is 10.4. The van der Waals surface area contributed by atoms with Crippen molar-refractivity contribution >= 4 is 5.97 Å². The monoisotopic (exact) mass is 414 g/mol. The van der Waals surface area contributed by atoms with E-state index in [-0.39, 0.29) is 13.0 Å². The number of nitrogens with zero attached hydrogens (tertiary/aromatic N) is 3. The van der Waals surface area contributed by atoms with Gasteiger partial charge in [-0.2, -0.15) is 5.10 Å². The third-order valence-corrected chi connectivity index (χ3v) is 4.31. The van der Waals surface area contributed by atoms with Crippen LogP contribution < -0.4 is 14.8 Å². The summed E-state index contributed by atoms with van der Waals surface area (Å²) in [4.78, 5) is 15.3. The van der Waals surface area contributed by atoms with E-state index < -0.39 is 12.6 Å². The molecule has 0 fully saturated rings. The van der Waals surface area contributed by atoms with Crippen LogP contribution in [-0.4, -0.2) is 46.2 Å². The van der Waals surface area contributed by atoms with Crippen molar-refractivity contribution in [2.24, 2.45) is 0 Å². The Morgan fingerprint density at radius 2 is 2.00 bits per heavy atom. The molecule has 1 aromatic carbocycles. The summed E-state index contributed by atoms with van der Waals surface area (Å²) in [7, 11) is 1.62. The summed E-state index contributed by atoms with van der Waals surface area (Å²) in [6.07, 6.45) is 3.13. The Morgan fingerprint density at radius 3 is 2.63 bits per heavy atom. The number of aromatic nitrogens is 3. The number of carboxylic acids is 1. The predicted molar refractivity (Wildman–Crippen MR) is 108 cm³/mol. The summed E-state index contributed by atoms with van der Waals surface area (Å²) in [6.45, 7) is 0.429. The first-order chi connectivity index (χ1) is 14.6. The molecule has 0 spiro atoms. The number of alkyl halides is 1. The van der Waals surface area contributed by atoms with Crippen molar-refractivity contribution < 1.29 is 23.8 Å². The maximum Gasteiger partial charge on any atom is 0.309 e. The number of carboxylic acid groups (broad SMARTS) is 1. The van der Waals surface area contributed by atoms with Gasteiger partial charge in [0, 0.05) is 30.9 Å². The minimum Gasteiger partial charge on any atom is -0.497 e. The van der Waals surface area contributed by atoms with E-state index in [2.05, 4.69) is 15.4 Å². The molecular formula is C21H23FN4O4. The van der Waals surface area contributed by atoms with Crippen LogP contribution in [0.1, 0.15) is 16.8 Å². The highest BCUT2D eigenvalue weighted by atomic mass is 19.1. The van der Waals surface area contributed by atoms with Crippen molar-refractivity contribution in [3.8, 4) is 17.3 Å². The third kappa shape index (κ3) is 5.77. The van der Waals surface area contributed by atoms with Crippen LogP contribution in [0.2, 0.25) is 0 Å². The number of nitrogens with one attached hydrogen (secondary N) is 1. The van der Waals surface area contributed by atoms with E-state index in [1.54, 1.807) is 36.3 Å². The first-order valence-corrected chi connectivity index (χ1v) is 9.37. The molecule has 0 atom stereocenters. The Hall–Kier alpha value is -3.46. The molecule has 3 rings (SSSR count). The van der Waals surface area contributed by atoms with Crippen molar-refractivity contribution in [2.45, 2.75) is 19.5 Å². The number of methoxy groups -OCH3 is 1. The lowest BCUT2D eigenvalue weighted by Gasteiger charge is -2.06. The smallest absolute Gasteiger partial charge is 0.309 e. The molecule has 0 aliphatic rings. The number of benzene rings is 1. The van der Waals surface area contributed by atoms with Crippen molar-refractivity contribution in [3.63, 3.8) is 0 Å². The average Bonchev–Trinajstić information content (AvgIpc) is 3.15. The molecule has 0 unspecified atom stereocenters. The van der Waals surface area contributed by atoms with Gasteiger partial charge in [0.15, 0.2) is 0 Å². The summed E-state index contributed by atoms with van der Waals surface area (Å²) in [5.41, 5.74) is 2.98. The Labute approximate surface area is 173 Å². The van der Waals surface area contributed by atoms with E-state index in [9.17, 15) is 14.3 Å². The Balaban J connectivity index is 1.69. The normalized spacial score (nSPS) is 10.7. The van der Waals surface area contributed by atoms with Crippen molar-refractivity contribution in [1.82, 2.24) is 20.1 Å². The largest absolute Gasteiger partial charge is 0.497 e. The molecule has 158 valence electrons. The second-order valence-electron chi connectivity index (χ2n) is 6.46. The molecule has 0 bridgehead atoms. The highest BCUT2D eigenvalue weighted by Gasteiger charge is 2.13. The Morgan fingerprint density at radius 1 is 1.20 bits per heavy atom. The highest BCUT2D eigenvalue weighted by Crippen LogP contribution is 2.16. The topological polar surface area (TPSA) is 98.5 Å². The number of pyridine rings is 1. The van der Waals surface area contributed by atoms with Gasteiger partial charge in [-0.25, -0.2) is 14.1 Å². The third-order valence-electron chi connectivity index (χ3n) is 4.31. The van der Waals surface area contributed by atoms with Crippen LogP contribution in [0.3, 0.4) is 0 Å². The lowest BCUT2D eigenvalue weighted by atomic mass is 10.2. The van der Waals surface area contributed by atoms with Crippen molar-refractivity contribution in [1.29, 1.82) is 0 Å². The number of ether oxygens (including phenoxy) is 2. The fourth-order valence-electron chi connectivity index (χ4n) is 2.84. The predicted octanol–water partition coefficient (Wildman–Crippen LogP) is 2.54. The zero-order valence-electron chi connectivity index (χ0n) is 16.5. The maximum absolute atomic E-state index is 12.2. The van der Waals surface area contributed by atoms with Crippen molar-refractivity contribution in [3.05, 3.63) is 65.6 Å². The molecule has 0 aliphatic heterocycles. The molecule has 2 heterocycles. The van der Waals surface area contributed by atoms with E-state index in [4.69, 9.17) is 9.47 Å². The molecule has 0 aliphatic carbocycles. The molecule has 3 aromatic rings. The highest BCUT2D eigenvalue weighted by molar-refractivity contribution is 5.70. The Kier molecular flexibility index (Phi) is 7.34. The van der Waals surface area contributed by atoms with E-state index in [0.29, 0.717) is 30.4 Å². The van der Waals surface area contributed by atoms with Crippen LogP contribution in [0.25, 0.3) is 5.69 Å². The molecule has 2 N–H and O–H groups in total. The van der Waals surface area contributed by atoms with E-state index >= 15 is 0 Å². The zero-order valence-corrected chi connectivity index (χ0v) is 16.5. The molecule has 30 heavy (non-hydrogen) atoms. The quantitative estimate of drug-likeness (QED) is 0.497. The molecule has 0 saturated carbocycles. The van der Waals surface area contributed by atoms with Gasteiger partial charge in [0.2, 0.25) is 5.88 Å². The molecule has 0 radical (unpaired) electrons. The van der Waals surface area contributed by atoms with E-state index in [0.717, 1.165) is 16.9 Å². The number of hydrogen-bond donors (Lipinski definition) is 2. The fraction of sp³-hybridized carbons (Fsp3) is 0.286. The van der Waals surface area contributed by atoms with Crippen LogP contribution in [-0.2, 0) is 24.3 Å². The van der Waals surface area contributed by atoms with E-state index in [1.807, 2.05) is 24.3 Å². The maximum atomic E-state index is 12.2.